The molecule has 2 aromatic rings. The van der Waals surface area contributed by atoms with Crippen LogP contribution < -0.4 is 0 Å². The number of benzene rings is 1. The summed E-state index contributed by atoms with van der Waals surface area (Å²) >= 11 is 1.47. The Balaban J connectivity index is 1.57. The predicted octanol–water partition coefficient (Wildman–Crippen LogP) is 3.53. The van der Waals surface area contributed by atoms with E-state index in [1.54, 1.807) is 6.20 Å². The quantitative estimate of drug-likeness (QED) is 0.851. The van der Waals surface area contributed by atoms with Crippen molar-refractivity contribution in [3.63, 3.8) is 0 Å². The number of likely N-dealkylation sites (tertiary alicyclic amines) is 1. The maximum Gasteiger partial charge on any atom is 0.286 e. The van der Waals surface area contributed by atoms with Crippen LogP contribution in [0.1, 0.15) is 24.8 Å². The highest BCUT2D eigenvalue weighted by molar-refractivity contribution is 8.18. The largest absolute Gasteiger partial charge is 0.351 e. The molecule has 1 N–H and O–H groups in total. The summed E-state index contributed by atoms with van der Waals surface area (Å²) in [5.41, 5.74) is 2.88. The second-order valence-corrected chi connectivity index (χ2v) is 6.93. The Hall–Kier alpha value is -2.34. The summed E-state index contributed by atoms with van der Waals surface area (Å²) in [6.45, 7) is 1.99. The molecule has 0 aliphatic carbocycles. The van der Waals surface area contributed by atoms with E-state index in [4.69, 9.17) is 0 Å². The first kappa shape index (κ1) is 15.2. The van der Waals surface area contributed by atoms with Gasteiger partial charge in [-0.15, -0.1) is 0 Å². The van der Waals surface area contributed by atoms with Crippen LogP contribution in [0.2, 0.25) is 0 Å². The van der Waals surface area contributed by atoms with E-state index in [1.165, 1.54) is 31.0 Å². The molecule has 1 aromatic heterocycles. The fraction of sp³-hybridized carbons (Fsp3) is 0.278. The predicted molar refractivity (Wildman–Crippen MR) is 97.5 cm³/mol. The first-order valence-electron chi connectivity index (χ1n) is 8.17. The van der Waals surface area contributed by atoms with Gasteiger partial charge in [-0.05, 0) is 37.1 Å². The van der Waals surface area contributed by atoms with Gasteiger partial charge in [0.1, 0.15) is 0 Å². The normalized spacial score (nSPS) is 19.8. The van der Waals surface area contributed by atoms with Gasteiger partial charge in [-0.1, -0.05) is 30.3 Å². The number of piperidine rings is 1. The average Bonchev–Trinajstić information content (AvgIpc) is 3.24. The van der Waals surface area contributed by atoms with Crippen molar-refractivity contribution in [3.8, 4) is 11.3 Å². The van der Waals surface area contributed by atoms with Crippen LogP contribution in [-0.4, -0.2) is 39.3 Å². The second-order valence-electron chi connectivity index (χ2n) is 5.92. The number of carbonyl (C=O) groups excluding carboxylic acids is 1. The van der Waals surface area contributed by atoms with E-state index in [1.807, 2.05) is 36.4 Å². The lowest BCUT2D eigenvalue weighted by atomic mass is 10.1. The Morgan fingerprint density at radius 2 is 1.92 bits per heavy atom. The fourth-order valence-electron chi connectivity index (χ4n) is 3.00. The molecule has 2 aliphatic rings. The van der Waals surface area contributed by atoms with Crippen molar-refractivity contribution in [2.24, 2.45) is 4.99 Å². The van der Waals surface area contributed by atoms with Crippen molar-refractivity contribution in [3.05, 3.63) is 47.0 Å². The molecule has 5 nitrogen and oxygen atoms in total. The Bertz CT molecular complexity index is 803. The number of rotatable bonds is 2. The number of H-pyrrole nitrogens is 1. The van der Waals surface area contributed by atoms with Gasteiger partial charge in [-0.3, -0.25) is 9.89 Å². The second kappa shape index (κ2) is 6.65. The van der Waals surface area contributed by atoms with E-state index in [0.29, 0.717) is 4.91 Å². The lowest BCUT2D eigenvalue weighted by Gasteiger charge is -2.27. The molecule has 4 rings (SSSR count). The zero-order valence-electron chi connectivity index (χ0n) is 13.2. The van der Waals surface area contributed by atoms with Gasteiger partial charge in [-0.2, -0.15) is 10.1 Å². The monoisotopic (exact) mass is 338 g/mol. The van der Waals surface area contributed by atoms with Gasteiger partial charge in [0.25, 0.3) is 5.91 Å². The van der Waals surface area contributed by atoms with Crippen molar-refractivity contribution < 1.29 is 4.79 Å². The van der Waals surface area contributed by atoms with Crippen molar-refractivity contribution in [2.75, 3.05) is 13.1 Å². The van der Waals surface area contributed by atoms with Gasteiger partial charge in [0.15, 0.2) is 5.17 Å². The van der Waals surface area contributed by atoms with Gasteiger partial charge in [0.05, 0.1) is 16.8 Å². The molecule has 0 radical (unpaired) electrons. The van der Waals surface area contributed by atoms with Crippen molar-refractivity contribution in [2.45, 2.75) is 19.3 Å². The lowest BCUT2D eigenvalue weighted by Crippen LogP contribution is -2.33. The average molecular weight is 338 g/mol. The topological polar surface area (TPSA) is 61.4 Å². The summed E-state index contributed by atoms with van der Waals surface area (Å²) in [5, 5.41) is 8.00. The molecule has 1 amide bonds. The zero-order valence-corrected chi connectivity index (χ0v) is 14.1. The summed E-state index contributed by atoms with van der Waals surface area (Å²) < 4.78 is 0. The molecule has 1 saturated heterocycles. The number of hydrogen-bond donors (Lipinski definition) is 1. The highest BCUT2D eigenvalue weighted by atomic mass is 32.2. The molecule has 24 heavy (non-hydrogen) atoms. The lowest BCUT2D eigenvalue weighted by molar-refractivity contribution is -0.113. The Kier molecular flexibility index (Phi) is 4.21. The number of amides is 1. The molecule has 0 saturated carbocycles. The minimum absolute atomic E-state index is 0.152. The van der Waals surface area contributed by atoms with E-state index >= 15 is 0 Å². The first-order chi connectivity index (χ1) is 11.8. The standard InChI is InChI=1S/C18H18N4OS/c23-17-15(24-18(20-17)22-9-5-2-6-10-22)11-14-12-19-21-16(14)13-7-3-1-4-8-13/h1,3-4,7-8,11-12H,2,5-6,9-10H2,(H,19,21)/b15-11+. The van der Waals surface area contributed by atoms with Crippen LogP contribution in [0.5, 0.6) is 0 Å². The molecule has 3 heterocycles. The van der Waals surface area contributed by atoms with E-state index < -0.39 is 0 Å². The zero-order chi connectivity index (χ0) is 16.4. The van der Waals surface area contributed by atoms with Crippen LogP contribution in [0.3, 0.4) is 0 Å². The number of thioether (sulfide) groups is 1. The minimum Gasteiger partial charge on any atom is -0.351 e. The third-order valence-electron chi connectivity index (χ3n) is 4.25. The number of aliphatic imine (C=N–C) groups is 1. The number of aromatic nitrogens is 2. The number of nitrogens with zero attached hydrogens (tertiary/aromatic N) is 3. The van der Waals surface area contributed by atoms with Gasteiger partial charge in [0, 0.05) is 24.2 Å². The number of carbonyl (C=O) groups is 1. The SMILES string of the molecule is O=C1N=C(N2CCCCC2)S/C1=C/c1cn[nH]c1-c1ccccc1. The number of amidine groups is 1. The molecule has 0 atom stereocenters. The van der Waals surface area contributed by atoms with Crippen LogP contribution in [0.15, 0.2) is 46.4 Å². The minimum atomic E-state index is -0.152. The summed E-state index contributed by atoms with van der Waals surface area (Å²) in [6, 6.07) is 10.00. The summed E-state index contributed by atoms with van der Waals surface area (Å²) in [6.07, 6.45) is 7.25. The molecule has 0 unspecified atom stereocenters. The maximum absolute atomic E-state index is 12.3. The van der Waals surface area contributed by atoms with Gasteiger partial charge < -0.3 is 4.90 Å². The molecule has 0 bridgehead atoms. The highest BCUT2D eigenvalue weighted by Gasteiger charge is 2.27. The summed E-state index contributed by atoms with van der Waals surface area (Å²) in [4.78, 5) is 19.4. The van der Waals surface area contributed by atoms with E-state index in [2.05, 4.69) is 20.1 Å². The van der Waals surface area contributed by atoms with Crippen molar-refractivity contribution in [1.29, 1.82) is 0 Å². The Morgan fingerprint density at radius 3 is 2.71 bits per heavy atom. The molecule has 2 aliphatic heterocycles. The highest BCUT2D eigenvalue weighted by Crippen LogP contribution is 2.33. The number of hydrogen-bond acceptors (Lipinski definition) is 4. The first-order valence-corrected chi connectivity index (χ1v) is 8.99. The third kappa shape index (κ3) is 3.01. The van der Waals surface area contributed by atoms with E-state index in [-0.39, 0.29) is 5.91 Å². The Labute approximate surface area is 144 Å². The van der Waals surface area contributed by atoms with E-state index in [9.17, 15) is 4.79 Å². The number of nitrogens with one attached hydrogen (secondary N) is 1. The van der Waals surface area contributed by atoms with Crippen LogP contribution in [0.25, 0.3) is 17.3 Å². The summed E-state index contributed by atoms with van der Waals surface area (Å²) in [5.74, 6) is -0.152. The molecule has 1 aromatic carbocycles. The maximum atomic E-state index is 12.3. The van der Waals surface area contributed by atoms with Crippen LogP contribution in [0.4, 0.5) is 0 Å². The molecular formula is C18H18N4OS. The summed E-state index contributed by atoms with van der Waals surface area (Å²) in [7, 11) is 0. The fourth-order valence-corrected chi connectivity index (χ4v) is 3.96. The molecule has 0 spiro atoms. The van der Waals surface area contributed by atoms with Crippen molar-refractivity contribution in [1.82, 2.24) is 15.1 Å². The van der Waals surface area contributed by atoms with Crippen LogP contribution in [0, 0.1) is 0 Å². The molecule has 6 heteroatoms. The number of aromatic amines is 1. The van der Waals surface area contributed by atoms with Gasteiger partial charge in [-0.25, -0.2) is 0 Å². The van der Waals surface area contributed by atoms with E-state index in [0.717, 1.165) is 35.1 Å². The smallest absolute Gasteiger partial charge is 0.286 e. The molecule has 122 valence electrons. The van der Waals surface area contributed by atoms with Crippen molar-refractivity contribution >= 4 is 28.9 Å². The molecule has 1 fully saturated rings. The molecular weight excluding hydrogens is 320 g/mol. The van der Waals surface area contributed by atoms with Gasteiger partial charge in [0.2, 0.25) is 0 Å². The van der Waals surface area contributed by atoms with Crippen LogP contribution in [-0.2, 0) is 4.79 Å². The Morgan fingerprint density at radius 1 is 1.12 bits per heavy atom. The van der Waals surface area contributed by atoms with Crippen LogP contribution >= 0.6 is 11.8 Å². The third-order valence-corrected chi connectivity index (χ3v) is 5.30. The van der Waals surface area contributed by atoms with Gasteiger partial charge >= 0.3 is 0 Å².